The van der Waals surface area contributed by atoms with Crippen LogP contribution >= 0.6 is 0 Å². The molecule has 1 aromatic carbocycles. The number of nitrogen functional groups attached to an aromatic ring is 1. The second-order valence-corrected chi connectivity index (χ2v) is 8.03. The molecule has 0 fully saturated rings. The number of benzene rings is 1. The molecule has 40 heavy (non-hydrogen) atoms. The Hall–Kier alpha value is -3.69. The summed E-state index contributed by atoms with van der Waals surface area (Å²) in [5, 5.41) is 9.16. The molecular formula is C30H53N5O5. The molecule has 10 heteroatoms. The predicted molar refractivity (Wildman–Crippen MR) is 167 cm³/mol. The second-order valence-electron chi connectivity index (χ2n) is 8.03. The molecule has 2 aromatic heterocycles. The number of phenolic OH excluding ortho intramolecular Hbond substituents is 1. The standard InChI is InChI=1S/C13H18N4O3.C8H9NO2.C3H8.3C2H6/c1-9(18)6-4-5-7-17-12(19)10-11(14-8-15(10)2)16(3)13(17)20;1-5(10)7-3-2-6(9)4-8(7)11;1-3-2;3*1-2/h8H,4-7H2,1-3H3;2-4,11H,9H2,1H3;3H2,1-2H3;3*1-2H3. The number of phenols is 1. The van der Waals surface area contributed by atoms with Gasteiger partial charge in [-0.15, -0.1) is 0 Å². The van der Waals surface area contributed by atoms with Crippen molar-refractivity contribution in [3.63, 3.8) is 0 Å². The Labute approximate surface area is 239 Å². The lowest BCUT2D eigenvalue weighted by Crippen LogP contribution is -2.39. The van der Waals surface area contributed by atoms with E-state index in [0.717, 1.165) is 0 Å². The van der Waals surface area contributed by atoms with Crippen LogP contribution in [0.4, 0.5) is 5.69 Å². The van der Waals surface area contributed by atoms with E-state index in [1.54, 1.807) is 24.7 Å². The number of rotatable bonds is 6. The van der Waals surface area contributed by atoms with Crippen LogP contribution in [0.3, 0.4) is 0 Å². The van der Waals surface area contributed by atoms with Gasteiger partial charge in [0.2, 0.25) is 0 Å². The van der Waals surface area contributed by atoms with E-state index < -0.39 is 0 Å². The first-order valence-corrected chi connectivity index (χ1v) is 14.2. The highest BCUT2D eigenvalue weighted by molar-refractivity contribution is 5.97. The van der Waals surface area contributed by atoms with E-state index in [1.165, 1.54) is 47.9 Å². The average molecular weight is 564 g/mol. The van der Waals surface area contributed by atoms with E-state index in [-0.39, 0.29) is 28.6 Å². The number of aryl methyl sites for hydroxylation is 2. The maximum Gasteiger partial charge on any atom is 0.332 e. The summed E-state index contributed by atoms with van der Waals surface area (Å²) in [5.74, 6) is -0.104. The van der Waals surface area contributed by atoms with Gasteiger partial charge in [-0.3, -0.25) is 18.7 Å². The predicted octanol–water partition coefficient (Wildman–Crippen LogP) is 5.86. The largest absolute Gasteiger partial charge is 0.507 e. The number of hydrogen-bond donors (Lipinski definition) is 2. The fraction of sp³-hybridized carbons (Fsp3) is 0.567. The molecule has 0 atom stereocenters. The molecule has 0 unspecified atom stereocenters. The van der Waals surface area contributed by atoms with Crippen molar-refractivity contribution in [2.24, 2.45) is 14.1 Å². The highest BCUT2D eigenvalue weighted by atomic mass is 16.3. The topological polar surface area (TPSA) is 142 Å². The molecule has 2 heterocycles. The lowest BCUT2D eigenvalue weighted by molar-refractivity contribution is -0.117. The Morgan fingerprint density at radius 2 is 1.48 bits per heavy atom. The van der Waals surface area contributed by atoms with Crippen LogP contribution in [0, 0.1) is 0 Å². The molecule has 0 aliphatic carbocycles. The van der Waals surface area contributed by atoms with Crippen LogP contribution in [0.1, 0.15) is 105 Å². The number of nitrogens with two attached hydrogens (primary N) is 1. The maximum absolute atomic E-state index is 12.3. The number of carbonyl (C=O) groups excluding carboxylic acids is 2. The van der Waals surface area contributed by atoms with Gasteiger partial charge >= 0.3 is 5.69 Å². The Bertz CT molecular complexity index is 1260. The van der Waals surface area contributed by atoms with Crippen LogP contribution in [0.5, 0.6) is 5.75 Å². The lowest BCUT2D eigenvalue weighted by Gasteiger charge is -2.08. The molecule has 0 radical (unpaired) electrons. The normalized spacial score (nSPS) is 9.10. The van der Waals surface area contributed by atoms with Gasteiger partial charge in [0, 0.05) is 38.8 Å². The molecule has 0 spiro atoms. The highest BCUT2D eigenvalue weighted by Gasteiger charge is 2.14. The van der Waals surface area contributed by atoms with Crippen LogP contribution in [-0.4, -0.2) is 35.4 Å². The van der Waals surface area contributed by atoms with E-state index >= 15 is 0 Å². The van der Waals surface area contributed by atoms with Crippen molar-refractivity contribution in [1.29, 1.82) is 0 Å². The van der Waals surface area contributed by atoms with Crippen LogP contribution in [0.2, 0.25) is 0 Å². The third kappa shape index (κ3) is 13.4. The molecule has 0 saturated carbocycles. The first-order valence-electron chi connectivity index (χ1n) is 14.2. The highest BCUT2D eigenvalue weighted by Crippen LogP contribution is 2.19. The average Bonchev–Trinajstić information content (AvgIpc) is 3.32. The maximum atomic E-state index is 12.3. The summed E-state index contributed by atoms with van der Waals surface area (Å²) in [6.07, 6.45) is 4.54. The SMILES string of the molecule is CC.CC.CC.CC(=O)CCCCn1c(=O)c2c(ncn2C)n(C)c1=O.CC(=O)c1ccc(N)cc1O.CCC. The second kappa shape index (κ2) is 23.2. The van der Waals surface area contributed by atoms with Crippen molar-refractivity contribution in [1.82, 2.24) is 18.7 Å². The molecule has 0 bridgehead atoms. The van der Waals surface area contributed by atoms with Gasteiger partial charge in [-0.2, -0.15) is 0 Å². The Balaban J connectivity index is -0.000000578. The minimum absolute atomic E-state index is 0.0579. The van der Waals surface area contributed by atoms with Crippen LogP contribution in [0.25, 0.3) is 11.2 Å². The molecule has 3 N–H and O–H groups in total. The number of unbranched alkanes of at least 4 members (excludes halogenated alkanes) is 1. The molecule has 3 aromatic rings. The number of nitrogens with zero attached hydrogens (tertiary/aromatic N) is 4. The zero-order valence-corrected chi connectivity index (χ0v) is 26.8. The van der Waals surface area contributed by atoms with Gasteiger partial charge in [0.05, 0.1) is 11.9 Å². The van der Waals surface area contributed by atoms with Crippen molar-refractivity contribution in [2.75, 3.05) is 5.73 Å². The van der Waals surface area contributed by atoms with E-state index in [9.17, 15) is 19.2 Å². The number of imidazole rings is 1. The number of fused-ring (bicyclic) bond motifs is 1. The first-order chi connectivity index (χ1) is 19.0. The minimum atomic E-state index is -0.371. The summed E-state index contributed by atoms with van der Waals surface area (Å²) in [4.78, 5) is 50.2. The number of anilines is 1. The van der Waals surface area contributed by atoms with Gasteiger partial charge in [-0.25, -0.2) is 9.78 Å². The third-order valence-electron chi connectivity index (χ3n) is 4.76. The number of aromatic hydroxyl groups is 1. The summed E-state index contributed by atoms with van der Waals surface area (Å²) >= 11 is 0. The lowest BCUT2D eigenvalue weighted by atomic mass is 10.1. The van der Waals surface area contributed by atoms with Gasteiger partial charge in [0.15, 0.2) is 16.9 Å². The monoisotopic (exact) mass is 563 g/mol. The van der Waals surface area contributed by atoms with E-state index in [4.69, 9.17) is 10.8 Å². The molecule has 228 valence electrons. The number of ketones is 2. The van der Waals surface area contributed by atoms with Crippen molar-refractivity contribution in [3.05, 3.63) is 50.9 Å². The van der Waals surface area contributed by atoms with Gasteiger partial charge in [0.1, 0.15) is 11.5 Å². The molecule has 0 aliphatic rings. The summed E-state index contributed by atoms with van der Waals surface area (Å²) in [6, 6.07) is 4.44. The Kier molecular flexibility index (Phi) is 23.7. The minimum Gasteiger partial charge on any atom is -0.507 e. The molecule has 3 rings (SSSR count). The van der Waals surface area contributed by atoms with E-state index in [1.807, 2.05) is 41.5 Å². The molecular weight excluding hydrogens is 510 g/mol. The quantitative estimate of drug-likeness (QED) is 0.217. The molecule has 0 saturated heterocycles. The van der Waals surface area contributed by atoms with Crippen LogP contribution < -0.4 is 17.0 Å². The molecule has 10 nitrogen and oxygen atoms in total. The van der Waals surface area contributed by atoms with Gasteiger partial charge in [-0.05, 0) is 38.8 Å². The van der Waals surface area contributed by atoms with Gasteiger partial charge in [-0.1, -0.05) is 61.8 Å². The van der Waals surface area contributed by atoms with Crippen molar-refractivity contribution >= 4 is 28.4 Å². The van der Waals surface area contributed by atoms with Crippen LogP contribution in [-0.2, 0) is 25.4 Å². The molecule has 0 amide bonds. The van der Waals surface area contributed by atoms with Crippen LogP contribution in [0.15, 0.2) is 34.1 Å². The van der Waals surface area contributed by atoms with Crippen molar-refractivity contribution in [3.8, 4) is 5.75 Å². The summed E-state index contributed by atoms with van der Waals surface area (Å²) in [7, 11) is 3.32. The number of aromatic nitrogens is 4. The zero-order valence-electron chi connectivity index (χ0n) is 26.8. The number of Topliss-reactive ketones (excluding diaryl/α,β-unsaturated/α-hetero) is 2. The first kappa shape index (κ1) is 40.8. The zero-order chi connectivity index (χ0) is 32.0. The fourth-order valence-electron chi connectivity index (χ4n) is 3.08. The fourth-order valence-corrected chi connectivity index (χ4v) is 3.08. The van der Waals surface area contributed by atoms with E-state index in [2.05, 4.69) is 18.8 Å². The Morgan fingerprint density at radius 3 is 1.93 bits per heavy atom. The Morgan fingerprint density at radius 1 is 0.950 bits per heavy atom. The van der Waals surface area contributed by atoms with Crippen molar-refractivity contribution < 1.29 is 14.7 Å². The van der Waals surface area contributed by atoms with Gasteiger partial charge < -0.3 is 20.2 Å². The van der Waals surface area contributed by atoms with E-state index in [0.29, 0.717) is 48.2 Å². The number of hydrogen-bond acceptors (Lipinski definition) is 7. The smallest absolute Gasteiger partial charge is 0.332 e. The summed E-state index contributed by atoms with van der Waals surface area (Å²) < 4.78 is 4.20. The summed E-state index contributed by atoms with van der Waals surface area (Å²) in [6.45, 7) is 19.5. The number of carbonyl (C=O) groups is 2. The third-order valence-corrected chi connectivity index (χ3v) is 4.76. The van der Waals surface area contributed by atoms with Crippen molar-refractivity contribution in [2.45, 2.75) is 101 Å². The summed E-state index contributed by atoms with van der Waals surface area (Å²) in [5.41, 5.74) is 6.22. The molecule has 0 aliphatic heterocycles. The van der Waals surface area contributed by atoms with Gasteiger partial charge in [0.25, 0.3) is 5.56 Å².